The standard InChI is InChI=1S/C17H15N3O6/c1-17(10-6-4-3-5-7-10)15(23)20(16(24)18-17)19-13(21)11-8-9-12(26-11)14(22)25-2/h3-9H,1-2H3,(H,18,24)(H,19,21). The molecule has 0 bridgehead atoms. The molecule has 1 unspecified atom stereocenters. The number of imide groups is 1. The maximum atomic E-state index is 12.7. The quantitative estimate of drug-likeness (QED) is 0.627. The average Bonchev–Trinajstić information content (AvgIpc) is 3.22. The highest BCUT2D eigenvalue weighted by atomic mass is 16.5. The Morgan fingerprint density at radius 2 is 1.77 bits per heavy atom. The number of furan rings is 1. The second kappa shape index (κ2) is 6.36. The normalized spacial score (nSPS) is 19.2. The number of urea groups is 1. The van der Waals surface area contributed by atoms with Crippen molar-refractivity contribution < 1.29 is 28.3 Å². The summed E-state index contributed by atoms with van der Waals surface area (Å²) >= 11 is 0. The van der Waals surface area contributed by atoms with Crippen molar-refractivity contribution in [1.82, 2.24) is 15.8 Å². The Morgan fingerprint density at radius 3 is 2.42 bits per heavy atom. The molecule has 1 aliphatic rings. The van der Waals surface area contributed by atoms with E-state index in [9.17, 15) is 19.2 Å². The monoisotopic (exact) mass is 357 g/mol. The SMILES string of the molecule is COC(=O)c1ccc(C(=O)NN2C(=O)NC(C)(c3ccccc3)C2=O)o1. The Bertz CT molecular complexity index is 891. The number of rotatable bonds is 4. The summed E-state index contributed by atoms with van der Waals surface area (Å²) in [5.74, 6) is -2.69. The molecule has 0 aliphatic carbocycles. The van der Waals surface area contributed by atoms with Crippen LogP contribution >= 0.6 is 0 Å². The number of nitrogens with one attached hydrogen (secondary N) is 2. The summed E-state index contributed by atoms with van der Waals surface area (Å²) in [5, 5.41) is 3.13. The summed E-state index contributed by atoms with van der Waals surface area (Å²) in [5.41, 5.74) is 1.43. The lowest BCUT2D eigenvalue weighted by Gasteiger charge is -2.21. The number of hydrazine groups is 1. The fourth-order valence-corrected chi connectivity index (χ4v) is 2.53. The predicted octanol–water partition coefficient (Wildman–Crippen LogP) is 1.18. The molecule has 134 valence electrons. The number of ether oxygens (including phenoxy) is 1. The third-order valence-electron chi connectivity index (χ3n) is 3.97. The molecule has 2 N–H and O–H groups in total. The van der Waals surface area contributed by atoms with Crippen molar-refractivity contribution in [1.29, 1.82) is 0 Å². The maximum Gasteiger partial charge on any atom is 0.373 e. The van der Waals surface area contributed by atoms with E-state index in [1.54, 1.807) is 30.3 Å². The summed E-state index contributed by atoms with van der Waals surface area (Å²) in [6.07, 6.45) is 0. The second-order valence-corrected chi connectivity index (χ2v) is 5.66. The van der Waals surface area contributed by atoms with E-state index in [1.807, 2.05) is 0 Å². The molecule has 9 heteroatoms. The Morgan fingerprint density at radius 1 is 1.12 bits per heavy atom. The average molecular weight is 357 g/mol. The highest BCUT2D eigenvalue weighted by Crippen LogP contribution is 2.27. The van der Waals surface area contributed by atoms with Crippen LogP contribution in [0, 0.1) is 0 Å². The molecule has 1 aromatic carbocycles. The fraction of sp³-hybridized carbons (Fsp3) is 0.176. The van der Waals surface area contributed by atoms with E-state index in [0.29, 0.717) is 10.6 Å². The summed E-state index contributed by atoms with van der Waals surface area (Å²) < 4.78 is 9.54. The van der Waals surface area contributed by atoms with E-state index in [-0.39, 0.29) is 11.5 Å². The molecular formula is C17H15N3O6. The molecule has 0 spiro atoms. The third-order valence-corrected chi connectivity index (χ3v) is 3.97. The van der Waals surface area contributed by atoms with Crippen molar-refractivity contribution in [2.75, 3.05) is 7.11 Å². The van der Waals surface area contributed by atoms with Gasteiger partial charge in [0.1, 0.15) is 5.54 Å². The minimum Gasteiger partial charge on any atom is -0.463 e. The van der Waals surface area contributed by atoms with Crippen LogP contribution in [-0.4, -0.2) is 35.9 Å². The molecule has 0 saturated carbocycles. The summed E-state index contributed by atoms with van der Waals surface area (Å²) in [7, 11) is 1.17. The van der Waals surface area contributed by atoms with Gasteiger partial charge in [-0.15, -0.1) is 0 Å². The zero-order valence-corrected chi connectivity index (χ0v) is 13.9. The van der Waals surface area contributed by atoms with Crippen LogP contribution in [0.2, 0.25) is 0 Å². The van der Waals surface area contributed by atoms with Crippen LogP contribution in [0.25, 0.3) is 0 Å². The second-order valence-electron chi connectivity index (χ2n) is 5.66. The first-order valence-corrected chi connectivity index (χ1v) is 7.58. The molecule has 1 fully saturated rings. The summed E-state index contributed by atoms with van der Waals surface area (Å²) in [6, 6.07) is 10.3. The van der Waals surface area contributed by atoms with E-state index in [2.05, 4.69) is 15.5 Å². The van der Waals surface area contributed by atoms with E-state index in [4.69, 9.17) is 4.42 Å². The Hall–Kier alpha value is -3.62. The minimum atomic E-state index is -1.31. The Kier molecular flexibility index (Phi) is 4.21. The number of amides is 4. The number of carbonyl (C=O) groups is 4. The predicted molar refractivity (Wildman–Crippen MR) is 86.7 cm³/mol. The smallest absolute Gasteiger partial charge is 0.373 e. The molecule has 0 radical (unpaired) electrons. The molecule has 1 saturated heterocycles. The van der Waals surface area contributed by atoms with Crippen LogP contribution in [0.15, 0.2) is 46.9 Å². The molecule has 3 rings (SSSR count). The van der Waals surface area contributed by atoms with Crippen molar-refractivity contribution in [2.24, 2.45) is 0 Å². The van der Waals surface area contributed by atoms with Gasteiger partial charge in [0.2, 0.25) is 5.76 Å². The van der Waals surface area contributed by atoms with Gasteiger partial charge in [-0.1, -0.05) is 30.3 Å². The Balaban J connectivity index is 1.79. The first kappa shape index (κ1) is 17.2. The van der Waals surface area contributed by atoms with Gasteiger partial charge < -0.3 is 14.5 Å². The molecular weight excluding hydrogens is 342 g/mol. The van der Waals surface area contributed by atoms with Crippen LogP contribution in [0.1, 0.15) is 33.6 Å². The van der Waals surface area contributed by atoms with Crippen molar-refractivity contribution in [2.45, 2.75) is 12.5 Å². The van der Waals surface area contributed by atoms with E-state index >= 15 is 0 Å². The molecule has 2 heterocycles. The molecule has 9 nitrogen and oxygen atoms in total. The van der Waals surface area contributed by atoms with Gasteiger partial charge in [-0.3, -0.25) is 9.59 Å². The number of hydrogen-bond donors (Lipinski definition) is 2. The number of hydrogen-bond acceptors (Lipinski definition) is 6. The van der Waals surface area contributed by atoms with Gasteiger partial charge in [0, 0.05) is 0 Å². The van der Waals surface area contributed by atoms with Crippen molar-refractivity contribution >= 4 is 23.8 Å². The summed E-state index contributed by atoms with van der Waals surface area (Å²) in [6.45, 7) is 1.54. The Labute approximate surface area is 147 Å². The molecule has 1 aliphatic heterocycles. The number of methoxy groups -OCH3 is 1. The van der Waals surface area contributed by atoms with Crippen LogP contribution in [-0.2, 0) is 15.1 Å². The molecule has 1 atom stereocenters. The van der Waals surface area contributed by atoms with E-state index in [1.165, 1.54) is 26.2 Å². The highest BCUT2D eigenvalue weighted by molar-refractivity contribution is 6.09. The van der Waals surface area contributed by atoms with Gasteiger partial charge in [-0.05, 0) is 24.6 Å². The number of nitrogens with zero attached hydrogens (tertiary/aromatic N) is 1. The van der Waals surface area contributed by atoms with Gasteiger partial charge >= 0.3 is 17.9 Å². The van der Waals surface area contributed by atoms with Gasteiger partial charge in [0.15, 0.2) is 5.76 Å². The van der Waals surface area contributed by atoms with E-state index < -0.39 is 29.4 Å². The first-order valence-electron chi connectivity index (χ1n) is 7.58. The van der Waals surface area contributed by atoms with Crippen LogP contribution < -0.4 is 10.7 Å². The summed E-state index contributed by atoms with van der Waals surface area (Å²) in [4.78, 5) is 48.5. The lowest BCUT2D eigenvalue weighted by atomic mass is 9.92. The zero-order valence-electron chi connectivity index (χ0n) is 13.9. The van der Waals surface area contributed by atoms with Crippen LogP contribution in [0.5, 0.6) is 0 Å². The van der Waals surface area contributed by atoms with Gasteiger partial charge in [0.05, 0.1) is 7.11 Å². The topological polar surface area (TPSA) is 118 Å². The number of carbonyl (C=O) groups excluding carboxylic acids is 4. The first-order chi connectivity index (χ1) is 12.4. The fourth-order valence-electron chi connectivity index (χ4n) is 2.53. The highest BCUT2D eigenvalue weighted by Gasteiger charge is 2.50. The molecule has 26 heavy (non-hydrogen) atoms. The number of esters is 1. The van der Waals surface area contributed by atoms with Gasteiger partial charge in [-0.25, -0.2) is 15.0 Å². The minimum absolute atomic E-state index is 0.177. The van der Waals surface area contributed by atoms with Crippen LogP contribution in [0.3, 0.4) is 0 Å². The van der Waals surface area contributed by atoms with Crippen molar-refractivity contribution in [3.05, 3.63) is 59.5 Å². The number of benzene rings is 1. The largest absolute Gasteiger partial charge is 0.463 e. The molecule has 4 amide bonds. The molecule has 1 aromatic heterocycles. The zero-order chi connectivity index (χ0) is 18.9. The van der Waals surface area contributed by atoms with Crippen molar-refractivity contribution in [3.8, 4) is 0 Å². The molecule has 2 aromatic rings. The maximum absolute atomic E-state index is 12.7. The lowest BCUT2D eigenvalue weighted by molar-refractivity contribution is -0.132. The van der Waals surface area contributed by atoms with Crippen LogP contribution in [0.4, 0.5) is 4.79 Å². The van der Waals surface area contributed by atoms with Gasteiger partial charge in [0.25, 0.3) is 5.91 Å². The third kappa shape index (κ3) is 2.79. The van der Waals surface area contributed by atoms with E-state index in [0.717, 1.165) is 0 Å². The lowest BCUT2D eigenvalue weighted by Crippen LogP contribution is -2.47. The van der Waals surface area contributed by atoms with Gasteiger partial charge in [-0.2, -0.15) is 5.01 Å². The van der Waals surface area contributed by atoms with Crippen molar-refractivity contribution in [3.63, 3.8) is 0 Å².